The lowest BCUT2D eigenvalue weighted by Crippen LogP contribution is -2.21. The van der Waals surface area contributed by atoms with Crippen LogP contribution in [0.4, 0.5) is 0 Å². The first-order valence-electron chi connectivity index (χ1n) is 6.97. The molecule has 2 N–H and O–H groups in total. The number of halogens is 2. The van der Waals surface area contributed by atoms with Gasteiger partial charge in [-0.1, -0.05) is 44.8 Å². The van der Waals surface area contributed by atoms with Crippen molar-refractivity contribution in [2.75, 3.05) is 0 Å². The smallest absolute Gasteiger partial charge is 0.128 e. The monoisotopic (exact) mass is 411 g/mol. The average molecular weight is 413 g/mol. The van der Waals surface area contributed by atoms with E-state index in [4.69, 9.17) is 10.5 Å². The molecular formula is C17H19Br2NO. The average Bonchev–Trinajstić information content (AvgIpc) is 2.45. The number of hydrogen-bond donors (Lipinski definition) is 1. The highest BCUT2D eigenvalue weighted by Crippen LogP contribution is 2.29. The second-order valence-corrected chi connectivity index (χ2v) is 6.85. The molecule has 1 unspecified atom stereocenters. The molecule has 2 rings (SSSR count). The molecule has 0 bridgehead atoms. The minimum atomic E-state index is 0.196. The quantitative estimate of drug-likeness (QED) is 0.694. The molecule has 1 atom stereocenters. The summed E-state index contributed by atoms with van der Waals surface area (Å²) in [6.45, 7) is 4.15. The van der Waals surface area contributed by atoms with Crippen molar-refractivity contribution in [1.82, 2.24) is 0 Å². The highest BCUT2D eigenvalue weighted by Gasteiger charge is 2.07. The topological polar surface area (TPSA) is 35.2 Å². The van der Waals surface area contributed by atoms with Gasteiger partial charge in [0.15, 0.2) is 0 Å². The zero-order chi connectivity index (χ0) is 15.4. The predicted octanol–water partition coefficient (Wildman–Crippen LogP) is 5.59. The maximum absolute atomic E-state index is 6.01. The van der Waals surface area contributed by atoms with E-state index in [1.165, 1.54) is 5.56 Å². The number of nitrogens with two attached hydrogens (primary N) is 1. The van der Waals surface area contributed by atoms with Crippen LogP contribution in [-0.4, -0.2) is 6.04 Å². The third-order valence-corrected chi connectivity index (χ3v) is 5.02. The van der Waals surface area contributed by atoms with E-state index in [9.17, 15) is 0 Å². The number of aryl methyl sites for hydroxylation is 1. The molecular weight excluding hydrogens is 394 g/mol. The molecule has 0 aliphatic heterocycles. The fraction of sp³-hybridized carbons (Fsp3) is 0.294. The van der Waals surface area contributed by atoms with Gasteiger partial charge in [0.2, 0.25) is 0 Å². The second-order valence-electron chi connectivity index (χ2n) is 5.14. The Labute approximate surface area is 143 Å². The van der Waals surface area contributed by atoms with E-state index >= 15 is 0 Å². The highest BCUT2D eigenvalue weighted by molar-refractivity contribution is 9.10. The first kappa shape index (κ1) is 16.5. The van der Waals surface area contributed by atoms with Crippen molar-refractivity contribution in [3.63, 3.8) is 0 Å². The van der Waals surface area contributed by atoms with Crippen LogP contribution in [0, 0.1) is 6.92 Å². The Balaban J connectivity index is 2.14. The SMILES string of the molecule is CCC(N)Cc1ccc(Oc2ccc(Br)c(C)c2)cc1Br. The van der Waals surface area contributed by atoms with Gasteiger partial charge in [-0.25, -0.2) is 0 Å². The van der Waals surface area contributed by atoms with E-state index in [-0.39, 0.29) is 6.04 Å². The third kappa shape index (κ3) is 4.56. The van der Waals surface area contributed by atoms with E-state index < -0.39 is 0 Å². The van der Waals surface area contributed by atoms with Gasteiger partial charge in [-0.3, -0.25) is 0 Å². The standard InChI is InChI=1S/C17H19Br2NO/c1-3-13(20)9-12-4-5-15(10-17(12)19)21-14-6-7-16(18)11(2)8-14/h4-8,10,13H,3,9,20H2,1-2H3. The van der Waals surface area contributed by atoms with E-state index in [2.05, 4.69) is 44.8 Å². The maximum Gasteiger partial charge on any atom is 0.128 e. The lowest BCUT2D eigenvalue weighted by Gasteiger charge is -2.12. The lowest BCUT2D eigenvalue weighted by molar-refractivity contribution is 0.481. The predicted molar refractivity (Wildman–Crippen MR) is 95.1 cm³/mol. The van der Waals surface area contributed by atoms with E-state index in [0.29, 0.717) is 0 Å². The molecule has 4 heteroatoms. The Bertz CT molecular complexity index is 628. The summed E-state index contributed by atoms with van der Waals surface area (Å²) in [5.74, 6) is 1.65. The molecule has 0 amide bonds. The zero-order valence-electron chi connectivity index (χ0n) is 12.2. The number of rotatable bonds is 5. The van der Waals surface area contributed by atoms with Crippen molar-refractivity contribution in [3.05, 3.63) is 56.5 Å². The normalized spacial score (nSPS) is 12.2. The van der Waals surface area contributed by atoms with Crippen molar-refractivity contribution in [2.24, 2.45) is 5.73 Å². The molecule has 2 aromatic rings. The van der Waals surface area contributed by atoms with Crippen molar-refractivity contribution >= 4 is 31.9 Å². The molecule has 0 saturated heterocycles. The second kappa shape index (κ2) is 7.43. The zero-order valence-corrected chi connectivity index (χ0v) is 15.4. The van der Waals surface area contributed by atoms with E-state index in [0.717, 1.165) is 38.8 Å². The van der Waals surface area contributed by atoms with Gasteiger partial charge in [-0.15, -0.1) is 0 Å². The van der Waals surface area contributed by atoms with Crippen molar-refractivity contribution in [1.29, 1.82) is 0 Å². The molecule has 0 radical (unpaired) electrons. The Morgan fingerprint density at radius 2 is 1.71 bits per heavy atom. The summed E-state index contributed by atoms with van der Waals surface area (Å²) in [4.78, 5) is 0. The van der Waals surface area contributed by atoms with Crippen LogP contribution >= 0.6 is 31.9 Å². The van der Waals surface area contributed by atoms with Crippen LogP contribution in [0.2, 0.25) is 0 Å². The molecule has 0 aromatic heterocycles. The van der Waals surface area contributed by atoms with Gasteiger partial charge in [0, 0.05) is 15.0 Å². The Morgan fingerprint density at radius 3 is 2.33 bits per heavy atom. The number of hydrogen-bond acceptors (Lipinski definition) is 2. The van der Waals surface area contributed by atoms with Gasteiger partial charge in [0.05, 0.1) is 0 Å². The number of ether oxygens (including phenoxy) is 1. The molecule has 0 aliphatic carbocycles. The van der Waals surface area contributed by atoms with E-state index in [1.807, 2.05) is 37.3 Å². The summed E-state index contributed by atoms with van der Waals surface area (Å²) in [6, 6.07) is 12.2. The highest BCUT2D eigenvalue weighted by atomic mass is 79.9. The summed E-state index contributed by atoms with van der Waals surface area (Å²) in [5, 5.41) is 0. The van der Waals surface area contributed by atoms with Gasteiger partial charge >= 0.3 is 0 Å². The maximum atomic E-state index is 6.01. The molecule has 0 fully saturated rings. The van der Waals surface area contributed by atoms with Crippen molar-refractivity contribution in [2.45, 2.75) is 32.7 Å². The van der Waals surface area contributed by atoms with Crippen LogP contribution in [0.25, 0.3) is 0 Å². The van der Waals surface area contributed by atoms with Crippen molar-refractivity contribution < 1.29 is 4.74 Å². The molecule has 0 saturated carbocycles. The first-order valence-corrected chi connectivity index (χ1v) is 8.56. The first-order chi connectivity index (χ1) is 9.99. The Morgan fingerprint density at radius 1 is 1.05 bits per heavy atom. The lowest BCUT2D eigenvalue weighted by atomic mass is 10.0. The Hall–Kier alpha value is -0.840. The van der Waals surface area contributed by atoms with Crippen LogP contribution in [0.1, 0.15) is 24.5 Å². The third-order valence-electron chi connectivity index (χ3n) is 3.40. The van der Waals surface area contributed by atoms with Gasteiger partial charge in [0.1, 0.15) is 11.5 Å². The van der Waals surface area contributed by atoms with Crippen LogP contribution < -0.4 is 10.5 Å². The Kier molecular flexibility index (Phi) is 5.85. The van der Waals surface area contributed by atoms with Crippen LogP contribution in [0.15, 0.2) is 45.3 Å². The summed E-state index contributed by atoms with van der Waals surface area (Å²) in [7, 11) is 0. The van der Waals surface area contributed by atoms with Gasteiger partial charge < -0.3 is 10.5 Å². The molecule has 0 heterocycles. The van der Waals surface area contributed by atoms with Crippen LogP contribution in [0.5, 0.6) is 11.5 Å². The largest absolute Gasteiger partial charge is 0.457 e. The minimum Gasteiger partial charge on any atom is -0.457 e. The molecule has 21 heavy (non-hydrogen) atoms. The minimum absolute atomic E-state index is 0.196. The summed E-state index contributed by atoms with van der Waals surface area (Å²) in [6.07, 6.45) is 1.84. The van der Waals surface area contributed by atoms with Crippen molar-refractivity contribution in [3.8, 4) is 11.5 Å². The van der Waals surface area contributed by atoms with Gasteiger partial charge in [-0.05, 0) is 61.2 Å². The summed E-state index contributed by atoms with van der Waals surface area (Å²) >= 11 is 7.09. The fourth-order valence-electron chi connectivity index (χ4n) is 2.00. The van der Waals surface area contributed by atoms with E-state index in [1.54, 1.807) is 0 Å². The molecule has 2 nitrogen and oxygen atoms in total. The van der Waals surface area contributed by atoms with Crippen LogP contribution in [0.3, 0.4) is 0 Å². The van der Waals surface area contributed by atoms with Gasteiger partial charge in [0.25, 0.3) is 0 Å². The van der Waals surface area contributed by atoms with Gasteiger partial charge in [-0.2, -0.15) is 0 Å². The van der Waals surface area contributed by atoms with Crippen LogP contribution in [-0.2, 0) is 6.42 Å². The summed E-state index contributed by atoms with van der Waals surface area (Å²) < 4.78 is 8.02. The molecule has 0 aliphatic rings. The molecule has 0 spiro atoms. The summed E-state index contributed by atoms with van der Waals surface area (Å²) in [5.41, 5.74) is 8.37. The fourth-order valence-corrected chi connectivity index (χ4v) is 2.77. The molecule has 112 valence electrons. The number of benzene rings is 2. The molecule has 2 aromatic carbocycles.